The Bertz CT molecular complexity index is 769. The molecule has 0 bridgehead atoms. The van der Waals surface area contributed by atoms with Gasteiger partial charge in [-0.05, 0) is 37.3 Å². The Morgan fingerprint density at radius 3 is 2.62 bits per heavy atom. The van der Waals surface area contributed by atoms with E-state index in [1.807, 2.05) is 45.0 Å². The smallest absolute Gasteiger partial charge is 0.349 e. The summed E-state index contributed by atoms with van der Waals surface area (Å²) in [5, 5.41) is 5.72. The topological polar surface area (TPSA) is 84.5 Å². The van der Waals surface area contributed by atoms with Crippen LogP contribution < -0.4 is 10.6 Å². The number of hydrogen-bond acceptors (Lipinski definition) is 5. The van der Waals surface area contributed by atoms with Crippen molar-refractivity contribution in [3.8, 4) is 0 Å². The van der Waals surface area contributed by atoms with Crippen molar-refractivity contribution < 1.29 is 19.1 Å². The number of urea groups is 1. The average Bonchev–Trinajstić information content (AvgIpc) is 2.89. The number of benzene rings is 1. The maximum absolute atomic E-state index is 12.2. The van der Waals surface area contributed by atoms with Gasteiger partial charge in [0.1, 0.15) is 4.88 Å². The number of amides is 3. The lowest BCUT2D eigenvalue weighted by Crippen LogP contribution is -2.44. The van der Waals surface area contributed by atoms with Crippen LogP contribution in [-0.4, -0.2) is 30.6 Å². The molecule has 2 N–H and O–H groups in total. The first-order chi connectivity index (χ1) is 11.4. The van der Waals surface area contributed by atoms with Gasteiger partial charge in [0.25, 0.3) is 5.91 Å². The van der Waals surface area contributed by atoms with Gasteiger partial charge in [-0.3, -0.25) is 10.1 Å². The number of fused-ring (bicyclic) bond motifs is 1. The second-order valence-corrected chi connectivity index (χ2v) is 6.51. The second-order valence-electron chi connectivity index (χ2n) is 5.46. The number of aryl methyl sites for hydroxylation is 1. The van der Waals surface area contributed by atoms with Gasteiger partial charge in [-0.1, -0.05) is 25.1 Å². The molecule has 0 saturated heterocycles. The van der Waals surface area contributed by atoms with Gasteiger partial charge in [0.15, 0.2) is 6.61 Å². The number of hydrogen-bond donors (Lipinski definition) is 2. The molecule has 7 heteroatoms. The average molecular weight is 348 g/mol. The molecule has 0 radical (unpaired) electrons. The van der Waals surface area contributed by atoms with E-state index in [9.17, 15) is 14.4 Å². The molecule has 0 fully saturated rings. The summed E-state index contributed by atoms with van der Waals surface area (Å²) >= 11 is 1.32. The molecule has 6 nitrogen and oxygen atoms in total. The number of nitrogens with one attached hydrogen (secondary N) is 2. The summed E-state index contributed by atoms with van der Waals surface area (Å²) in [6, 6.07) is 7.03. The van der Waals surface area contributed by atoms with E-state index < -0.39 is 24.5 Å². The summed E-state index contributed by atoms with van der Waals surface area (Å²) in [6.07, 6.45) is 0.752. The second kappa shape index (κ2) is 7.92. The van der Waals surface area contributed by atoms with Gasteiger partial charge in [0, 0.05) is 10.7 Å². The van der Waals surface area contributed by atoms with Gasteiger partial charge in [0.2, 0.25) is 0 Å². The Morgan fingerprint density at radius 1 is 1.25 bits per heavy atom. The van der Waals surface area contributed by atoms with E-state index in [0.717, 1.165) is 22.1 Å². The van der Waals surface area contributed by atoms with Crippen LogP contribution in [0.2, 0.25) is 0 Å². The molecule has 2 aromatic rings. The highest BCUT2D eigenvalue weighted by Crippen LogP contribution is 2.30. The fourth-order valence-corrected chi connectivity index (χ4v) is 3.19. The zero-order valence-electron chi connectivity index (χ0n) is 13.8. The first-order valence-electron chi connectivity index (χ1n) is 7.68. The maximum Gasteiger partial charge on any atom is 0.349 e. The zero-order chi connectivity index (χ0) is 17.7. The van der Waals surface area contributed by atoms with Crippen LogP contribution in [0.1, 0.15) is 35.5 Å². The number of ether oxygens (including phenoxy) is 1. The number of rotatable bonds is 5. The number of imide groups is 1. The third-order valence-corrected chi connectivity index (χ3v) is 4.86. The highest BCUT2D eigenvalue weighted by molar-refractivity contribution is 7.21. The Balaban J connectivity index is 1.91. The Morgan fingerprint density at radius 2 is 1.96 bits per heavy atom. The highest BCUT2D eigenvalue weighted by atomic mass is 32.1. The fraction of sp³-hybridized carbons (Fsp3) is 0.353. The van der Waals surface area contributed by atoms with Crippen LogP contribution >= 0.6 is 11.3 Å². The van der Waals surface area contributed by atoms with E-state index in [1.54, 1.807) is 0 Å². The fourth-order valence-electron chi connectivity index (χ4n) is 2.09. The molecule has 0 aliphatic rings. The van der Waals surface area contributed by atoms with E-state index in [0.29, 0.717) is 4.88 Å². The standard InChI is InChI=1S/C17H20N2O4S/c1-4-10(2)18-17(22)19-14(20)9-23-16(21)15-11(3)12-7-5-6-8-13(12)24-15/h5-8,10H,4,9H2,1-3H3,(H2,18,19,20,22)/t10-/m1/s1. The van der Waals surface area contributed by atoms with E-state index in [-0.39, 0.29) is 6.04 Å². The van der Waals surface area contributed by atoms with Gasteiger partial charge in [-0.25, -0.2) is 9.59 Å². The van der Waals surface area contributed by atoms with E-state index in [2.05, 4.69) is 10.6 Å². The SMILES string of the molecule is CC[C@@H](C)NC(=O)NC(=O)COC(=O)c1sc2ccccc2c1C. The van der Waals surface area contributed by atoms with Crippen LogP contribution in [0, 0.1) is 6.92 Å². The van der Waals surface area contributed by atoms with Crippen LogP contribution in [0.3, 0.4) is 0 Å². The third-order valence-electron chi connectivity index (χ3n) is 3.61. The summed E-state index contributed by atoms with van der Waals surface area (Å²) in [5.41, 5.74) is 0.829. The van der Waals surface area contributed by atoms with Crippen molar-refractivity contribution in [3.05, 3.63) is 34.7 Å². The van der Waals surface area contributed by atoms with Crippen LogP contribution in [0.15, 0.2) is 24.3 Å². The predicted octanol–water partition coefficient (Wildman–Crippen LogP) is 2.99. The maximum atomic E-state index is 12.2. The summed E-state index contributed by atoms with van der Waals surface area (Å²) in [7, 11) is 0. The molecule has 2 rings (SSSR count). The Kier molecular flexibility index (Phi) is 5.92. The van der Waals surface area contributed by atoms with Gasteiger partial charge in [-0.15, -0.1) is 11.3 Å². The van der Waals surface area contributed by atoms with Gasteiger partial charge >= 0.3 is 12.0 Å². The highest BCUT2D eigenvalue weighted by Gasteiger charge is 2.18. The van der Waals surface area contributed by atoms with Crippen molar-refractivity contribution in [1.29, 1.82) is 0 Å². The lowest BCUT2D eigenvalue weighted by atomic mass is 10.1. The van der Waals surface area contributed by atoms with Crippen molar-refractivity contribution >= 4 is 39.3 Å². The predicted molar refractivity (Wildman–Crippen MR) is 93.3 cm³/mol. The lowest BCUT2D eigenvalue weighted by Gasteiger charge is -2.11. The summed E-state index contributed by atoms with van der Waals surface area (Å²) < 4.78 is 6.00. The third kappa shape index (κ3) is 4.32. The number of esters is 1. The molecule has 1 aromatic carbocycles. The van der Waals surface area contributed by atoms with Gasteiger partial charge in [-0.2, -0.15) is 0 Å². The van der Waals surface area contributed by atoms with Crippen LogP contribution in [0.4, 0.5) is 4.79 Å². The minimum atomic E-state index is -0.664. The summed E-state index contributed by atoms with van der Waals surface area (Å²) in [5.74, 6) is -1.23. The lowest BCUT2D eigenvalue weighted by molar-refractivity contribution is -0.123. The van der Waals surface area contributed by atoms with E-state index >= 15 is 0 Å². The first-order valence-corrected chi connectivity index (χ1v) is 8.49. The number of thiophene rings is 1. The molecule has 1 heterocycles. The molecule has 0 aliphatic heterocycles. The van der Waals surface area contributed by atoms with Crippen molar-refractivity contribution in [2.24, 2.45) is 0 Å². The molecular formula is C17H20N2O4S. The van der Waals surface area contributed by atoms with Crippen LogP contribution in [0.5, 0.6) is 0 Å². The van der Waals surface area contributed by atoms with E-state index in [1.165, 1.54) is 11.3 Å². The molecule has 3 amide bonds. The van der Waals surface area contributed by atoms with Gasteiger partial charge < -0.3 is 10.1 Å². The van der Waals surface area contributed by atoms with Crippen molar-refractivity contribution in [2.75, 3.05) is 6.61 Å². The normalized spacial score (nSPS) is 11.8. The van der Waals surface area contributed by atoms with Crippen molar-refractivity contribution in [2.45, 2.75) is 33.2 Å². The molecule has 24 heavy (non-hydrogen) atoms. The number of carbonyl (C=O) groups is 3. The van der Waals surface area contributed by atoms with E-state index in [4.69, 9.17) is 4.74 Å². The minimum absolute atomic E-state index is 0.0402. The summed E-state index contributed by atoms with van der Waals surface area (Å²) in [4.78, 5) is 35.8. The van der Waals surface area contributed by atoms with Crippen LogP contribution in [-0.2, 0) is 9.53 Å². The molecule has 0 aliphatic carbocycles. The molecule has 1 atom stereocenters. The number of carbonyl (C=O) groups excluding carboxylic acids is 3. The Labute approximate surface area is 144 Å². The van der Waals surface area contributed by atoms with Crippen molar-refractivity contribution in [3.63, 3.8) is 0 Å². The van der Waals surface area contributed by atoms with Crippen LogP contribution in [0.25, 0.3) is 10.1 Å². The zero-order valence-corrected chi connectivity index (χ0v) is 14.7. The molecule has 0 unspecified atom stereocenters. The molecule has 0 spiro atoms. The monoisotopic (exact) mass is 348 g/mol. The molecular weight excluding hydrogens is 328 g/mol. The quantitative estimate of drug-likeness (QED) is 0.814. The molecule has 1 aromatic heterocycles. The molecule has 0 saturated carbocycles. The Hall–Kier alpha value is -2.41. The van der Waals surface area contributed by atoms with Crippen molar-refractivity contribution in [1.82, 2.24) is 10.6 Å². The summed E-state index contributed by atoms with van der Waals surface area (Å²) in [6.45, 7) is 5.09. The first kappa shape index (κ1) is 17.9. The van der Waals surface area contributed by atoms with Gasteiger partial charge in [0.05, 0.1) is 0 Å². The minimum Gasteiger partial charge on any atom is -0.451 e. The molecule has 128 valence electrons. The largest absolute Gasteiger partial charge is 0.451 e.